The van der Waals surface area contributed by atoms with Crippen LogP contribution in [0.1, 0.15) is 26.3 Å². The van der Waals surface area contributed by atoms with Crippen LogP contribution in [0.3, 0.4) is 0 Å². The minimum absolute atomic E-state index is 0.0989. The highest BCUT2D eigenvalue weighted by atomic mass is 16.6. The molecule has 0 radical (unpaired) electrons. The van der Waals surface area contributed by atoms with Crippen LogP contribution in [0.15, 0.2) is 42.6 Å². The number of benzene rings is 1. The average molecular weight is 344 g/mol. The molecular weight excluding hydrogens is 324 g/mol. The van der Waals surface area contributed by atoms with Crippen molar-refractivity contribution in [3.63, 3.8) is 0 Å². The van der Waals surface area contributed by atoms with E-state index in [9.17, 15) is 14.9 Å². The lowest BCUT2D eigenvalue weighted by Crippen LogP contribution is -2.32. The Hall–Kier alpha value is -3.16. The summed E-state index contributed by atoms with van der Waals surface area (Å²) in [5.74, 6) is 0.173. The highest BCUT2D eigenvalue weighted by Crippen LogP contribution is 2.24. The summed E-state index contributed by atoms with van der Waals surface area (Å²) in [6.07, 6.45) is 0.993. The normalized spacial score (nSPS) is 10.8. The van der Waals surface area contributed by atoms with Crippen LogP contribution in [0.4, 0.5) is 22.0 Å². The van der Waals surface area contributed by atoms with Gasteiger partial charge in [0.15, 0.2) is 0 Å². The maximum absolute atomic E-state index is 11.6. The monoisotopic (exact) mass is 344 g/mol. The first-order valence-corrected chi connectivity index (χ1v) is 7.67. The number of carbonyl (C=O) groups excluding carboxylic acids is 1. The van der Waals surface area contributed by atoms with Crippen LogP contribution >= 0.6 is 0 Å². The number of nitrogens with zero attached hydrogens (tertiary/aromatic N) is 2. The summed E-state index contributed by atoms with van der Waals surface area (Å²) >= 11 is 0. The molecule has 1 heterocycles. The SMILES string of the molecule is CC(C)(C)OC(=O)NCc1ccc(Nc2ncccc2[N+](=O)[O-])cc1. The Kier molecular flexibility index (Phi) is 5.53. The van der Waals surface area contributed by atoms with Crippen LogP contribution in [-0.4, -0.2) is 21.6 Å². The van der Waals surface area contributed by atoms with Gasteiger partial charge in [0.2, 0.25) is 5.82 Å². The lowest BCUT2D eigenvalue weighted by Gasteiger charge is -2.19. The Labute approximate surface area is 145 Å². The molecule has 0 aliphatic rings. The molecule has 8 nitrogen and oxygen atoms in total. The molecule has 0 atom stereocenters. The maximum Gasteiger partial charge on any atom is 0.407 e. The number of hydrogen-bond acceptors (Lipinski definition) is 6. The summed E-state index contributed by atoms with van der Waals surface area (Å²) in [4.78, 5) is 26.1. The number of ether oxygens (including phenoxy) is 1. The van der Waals surface area contributed by atoms with Gasteiger partial charge < -0.3 is 15.4 Å². The number of pyridine rings is 1. The van der Waals surface area contributed by atoms with Gasteiger partial charge in [0, 0.05) is 24.5 Å². The van der Waals surface area contributed by atoms with Gasteiger partial charge >= 0.3 is 11.8 Å². The zero-order valence-electron chi connectivity index (χ0n) is 14.3. The van der Waals surface area contributed by atoms with Crippen LogP contribution in [0.2, 0.25) is 0 Å². The van der Waals surface area contributed by atoms with Crippen LogP contribution in [0, 0.1) is 10.1 Å². The van der Waals surface area contributed by atoms with E-state index >= 15 is 0 Å². The van der Waals surface area contributed by atoms with Crippen molar-refractivity contribution in [3.05, 3.63) is 58.3 Å². The van der Waals surface area contributed by atoms with Crippen molar-refractivity contribution in [3.8, 4) is 0 Å². The summed E-state index contributed by atoms with van der Waals surface area (Å²) in [6.45, 7) is 5.70. The molecule has 0 saturated carbocycles. The molecule has 1 amide bonds. The predicted molar refractivity (Wildman–Crippen MR) is 93.7 cm³/mol. The molecule has 0 aliphatic carbocycles. The Balaban J connectivity index is 1.97. The highest BCUT2D eigenvalue weighted by molar-refractivity contribution is 5.68. The van der Waals surface area contributed by atoms with E-state index in [0.29, 0.717) is 12.2 Å². The zero-order valence-corrected chi connectivity index (χ0v) is 14.3. The van der Waals surface area contributed by atoms with Crippen molar-refractivity contribution < 1.29 is 14.5 Å². The van der Waals surface area contributed by atoms with Gasteiger partial charge in [0.25, 0.3) is 0 Å². The van der Waals surface area contributed by atoms with E-state index in [4.69, 9.17) is 4.74 Å². The molecule has 0 fully saturated rings. The minimum atomic E-state index is -0.546. The first-order chi connectivity index (χ1) is 11.7. The molecule has 25 heavy (non-hydrogen) atoms. The average Bonchev–Trinajstić information content (AvgIpc) is 2.53. The number of nitro groups is 1. The van der Waals surface area contributed by atoms with Crippen molar-refractivity contribution in [2.45, 2.75) is 32.9 Å². The van der Waals surface area contributed by atoms with Crippen molar-refractivity contribution in [1.29, 1.82) is 0 Å². The topological polar surface area (TPSA) is 106 Å². The van der Waals surface area contributed by atoms with E-state index in [-0.39, 0.29) is 11.5 Å². The zero-order chi connectivity index (χ0) is 18.4. The van der Waals surface area contributed by atoms with Crippen molar-refractivity contribution in [2.24, 2.45) is 0 Å². The smallest absolute Gasteiger partial charge is 0.407 e. The van der Waals surface area contributed by atoms with Gasteiger partial charge in [-0.2, -0.15) is 0 Å². The number of nitrogens with one attached hydrogen (secondary N) is 2. The van der Waals surface area contributed by atoms with Crippen LogP contribution in [-0.2, 0) is 11.3 Å². The predicted octanol–water partition coefficient (Wildman–Crippen LogP) is 3.76. The summed E-state index contributed by atoms with van der Waals surface area (Å²) in [5, 5.41) is 16.6. The lowest BCUT2D eigenvalue weighted by molar-refractivity contribution is -0.384. The Morgan fingerprint density at radius 2 is 1.92 bits per heavy atom. The van der Waals surface area contributed by atoms with Crippen molar-refractivity contribution in [1.82, 2.24) is 10.3 Å². The van der Waals surface area contributed by atoms with Crippen LogP contribution in [0.25, 0.3) is 0 Å². The van der Waals surface area contributed by atoms with Gasteiger partial charge in [-0.05, 0) is 44.5 Å². The van der Waals surface area contributed by atoms with E-state index in [1.165, 1.54) is 18.3 Å². The molecule has 0 spiro atoms. The van der Waals surface area contributed by atoms with E-state index in [0.717, 1.165) is 5.56 Å². The van der Waals surface area contributed by atoms with Gasteiger partial charge in [-0.25, -0.2) is 9.78 Å². The molecule has 2 aromatic rings. The molecule has 0 bridgehead atoms. The molecule has 2 rings (SSSR count). The summed E-state index contributed by atoms with van der Waals surface area (Å²) in [6, 6.07) is 10.0. The fourth-order valence-electron chi connectivity index (χ4n) is 1.97. The highest BCUT2D eigenvalue weighted by Gasteiger charge is 2.16. The van der Waals surface area contributed by atoms with Crippen molar-refractivity contribution >= 4 is 23.3 Å². The third-order valence-corrected chi connectivity index (χ3v) is 3.04. The third kappa shape index (κ3) is 5.76. The summed E-state index contributed by atoms with van der Waals surface area (Å²) in [7, 11) is 0. The Morgan fingerprint density at radius 1 is 1.24 bits per heavy atom. The van der Waals surface area contributed by atoms with Gasteiger partial charge in [0.1, 0.15) is 5.60 Å². The second-order valence-corrected chi connectivity index (χ2v) is 6.31. The van der Waals surface area contributed by atoms with Gasteiger partial charge in [0.05, 0.1) is 4.92 Å². The van der Waals surface area contributed by atoms with E-state index in [1.807, 2.05) is 0 Å². The first-order valence-electron chi connectivity index (χ1n) is 7.67. The van der Waals surface area contributed by atoms with Crippen LogP contribution < -0.4 is 10.6 Å². The van der Waals surface area contributed by atoms with Gasteiger partial charge in [-0.3, -0.25) is 10.1 Å². The molecule has 1 aromatic heterocycles. The minimum Gasteiger partial charge on any atom is -0.444 e. The second-order valence-electron chi connectivity index (χ2n) is 6.31. The fraction of sp³-hybridized carbons (Fsp3) is 0.294. The lowest BCUT2D eigenvalue weighted by atomic mass is 10.2. The molecule has 0 saturated heterocycles. The number of alkyl carbamates (subject to hydrolysis) is 1. The molecule has 1 aromatic carbocycles. The van der Waals surface area contributed by atoms with Crippen molar-refractivity contribution in [2.75, 3.05) is 5.32 Å². The van der Waals surface area contributed by atoms with E-state index < -0.39 is 16.6 Å². The Morgan fingerprint density at radius 3 is 2.52 bits per heavy atom. The van der Waals surface area contributed by atoms with E-state index in [1.54, 1.807) is 45.0 Å². The molecule has 2 N–H and O–H groups in total. The number of carbonyl (C=O) groups is 1. The second kappa shape index (κ2) is 7.61. The quantitative estimate of drug-likeness (QED) is 0.632. The van der Waals surface area contributed by atoms with E-state index in [2.05, 4.69) is 15.6 Å². The van der Waals surface area contributed by atoms with Crippen LogP contribution in [0.5, 0.6) is 0 Å². The molecule has 0 aliphatic heterocycles. The molecule has 132 valence electrons. The number of aromatic nitrogens is 1. The summed E-state index contributed by atoms with van der Waals surface area (Å²) in [5.41, 5.74) is 0.878. The third-order valence-electron chi connectivity index (χ3n) is 3.04. The van der Waals surface area contributed by atoms with Gasteiger partial charge in [-0.1, -0.05) is 12.1 Å². The maximum atomic E-state index is 11.6. The fourth-order valence-corrected chi connectivity index (χ4v) is 1.97. The standard InChI is InChI=1S/C17H20N4O4/c1-17(2,3)25-16(22)19-11-12-6-8-13(9-7-12)20-15-14(21(23)24)5-4-10-18-15/h4-10H,11H2,1-3H3,(H,18,20)(H,19,22). The number of rotatable bonds is 5. The number of anilines is 2. The molecule has 8 heteroatoms. The number of hydrogen-bond donors (Lipinski definition) is 2. The molecule has 0 unspecified atom stereocenters. The molecular formula is C17H20N4O4. The number of amides is 1. The van der Waals surface area contributed by atoms with Gasteiger partial charge in [-0.15, -0.1) is 0 Å². The Bertz CT molecular complexity index is 754. The largest absolute Gasteiger partial charge is 0.444 e. The first kappa shape index (κ1) is 18.2. The summed E-state index contributed by atoms with van der Waals surface area (Å²) < 4.78 is 5.16.